The number of unbranched alkanes of at least 4 members (excludes halogenated alkanes) is 1. The Morgan fingerprint density at radius 1 is 0.951 bits per heavy atom. The summed E-state index contributed by atoms with van der Waals surface area (Å²) in [4.78, 5) is 13.0. The molecule has 8 atom stereocenters. The number of allylic oxidation sites excluding steroid dienone is 1. The summed E-state index contributed by atoms with van der Waals surface area (Å²) in [5.74, 6) is 5.75. The number of carbonyl (C=O) groups excluding carboxylic acids is 1. The number of ether oxygens (including phenoxy) is 2. The molecule has 0 spiro atoms. The van der Waals surface area contributed by atoms with Crippen molar-refractivity contribution < 1.29 is 14.3 Å². The number of benzene rings is 1. The number of carbonyl (C=O) groups is 1. The van der Waals surface area contributed by atoms with Gasteiger partial charge in [-0.2, -0.15) is 0 Å². The summed E-state index contributed by atoms with van der Waals surface area (Å²) < 4.78 is 11.9. The van der Waals surface area contributed by atoms with E-state index in [9.17, 15) is 4.79 Å². The SMILES string of the molecule is CCCCOc1ccc(C(=O)O[C@H]2CC[C@@]3(C)C(=CC[C@H]4[C@@H]5CC[C@H]([C@H](C)CCCC(C)C)[C@@]5(C)CC[C@@H]43)C2)cc1. The van der Waals surface area contributed by atoms with E-state index in [0.29, 0.717) is 11.0 Å². The second-order valence-corrected chi connectivity index (χ2v) is 15.3. The van der Waals surface area contributed by atoms with Crippen molar-refractivity contribution in [3.63, 3.8) is 0 Å². The molecule has 0 saturated heterocycles. The Kier molecular flexibility index (Phi) is 9.61. The third kappa shape index (κ3) is 6.30. The maximum absolute atomic E-state index is 13.0. The van der Waals surface area contributed by atoms with Crippen molar-refractivity contribution in [1.29, 1.82) is 0 Å². The molecule has 0 heterocycles. The molecule has 1 aromatic rings. The first-order valence-electron chi connectivity index (χ1n) is 17.3. The van der Waals surface area contributed by atoms with E-state index < -0.39 is 0 Å². The molecule has 0 bridgehead atoms. The van der Waals surface area contributed by atoms with E-state index >= 15 is 0 Å². The highest BCUT2D eigenvalue weighted by molar-refractivity contribution is 5.89. The van der Waals surface area contributed by atoms with Crippen LogP contribution in [0.4, 0.5) is 0 Å². The molecular formula is C38H58O3. The van der Waals surface area contributed by atoms with Gasteiger partial charge in [0.15, 0.2) is 0 Å². The largest absolute Gasteiger partial charge is 0.494 e. The van der Waals surface area contributed by atoms with Crippen molar-refractivity contribution >= 4 is 5.97 Å². The number of esters is 1. The van der Waals surface area contributed by atoms with Gasteiger partial charge in [0.25, 0.3) is 0 Å². The minimum Gasteiger partial charge on any atom is -0.494 e. The summed E-state index contributed by atoms with van der Waals surface area (Å²) in [5.41, 5.74) is 3.03. The second kappa shape index (κ2) is 12.8. The van der Waals surface area contributed by atoms with Crippen LogP contribution in [-0.4, -0.2) is 18.7 Å². The summed E-state index contributed by atoms with van der Waals surface area (Å²) in [7, 11) is 0. The van der Waals surface area contributed by atoms with Gasteiger partial charge in [-0.25, -0.2) is 4.79 Å². The van der Waals surface area contributed by atoms with Crippen LogP contribution in [0.1, 0.15) is 135 Å². The lowest BCUT2D eigenvalue weighted by Crippen LogP contribution is -2.51. The molecule has 0 aromatic heterocycles. The van der Waals surface area contributed by atoms with Crippen molar-refractivity contribution in [3.8, 4) is 5.75 Å². The van der Waals surface area contributed by atoms with Crippen LogP contribution >= 0.6 is 0 Å². The zero-order chi connectivity index (χ0) is 29.2. The highest BCUT2D eigenvalue weighted by Gasteiger charge is 2.59. The Hall–Kier alpha value is -1.77. The maximum atomic E-state index is 13.0. The van der Waals surface area contributed by atoms with E-state index in [4.69, 9.17) is 9.47 Å². The molecule has 4 aliphatic rings. The van der Waals surface area contributed by atoms with Gasteiger partial charge in [-0.15, -0.1) is 0 Å². The topological polar surface area (TPSA) is 35.5 Å². The maximum Gasteiger partial charge on any atom is 0.338 e. The third-order valence-electron chi connectivity index (χ3n) is 12.4. The predicted molar refractivity (Wildman–Crippen MR) is 169 cm³/mol. The van der Waals surface area contributed by atoms with Crippen LogP contribution in [0.3, 0.4) is 0 Å². The minimum absolute atomic E-state index is 0.00439. The Morgan fingerprint density at radius 3 is 2.46 bits per heavy atom. The first-order chi connectivity index (χ1) is 19.7. The molecule has 3 fully saturated rings. The van der Waals surface area contributed by atoms with Crippen LogP contribution < -0.4 is 4.74 Å². The Morgan fingerprint density at radius 2 is 1.73 bits per heavy atom. The van der Waals surface area contributed by atoms with Gasteiger partial charge in [-0.1, -0.05) is 78.9 Å². The highest BCUT2D eigenvalue weighted by atomic mass is 16.5. The van der Waals surface area contributed by atoms with Crippen molar-refractivity contribution in [2.24, 2.45) is 46.3 Å². The van der Waals surface area contributed by atoms with E-state index in [1.165, 1.54) is 51.4 Å². The lowest BCUT2D eigenvalue weighted by molar-refractivity contribution is -0.0594. The second-order valence-electron chi connectivity index (χ2n) is 15.3. The highest BCUT2D eigenvalue weighted by Crippen LogP contribution is 2.67. The van der Waals surface area contributed by atoms with Gasteiger partial charge in [-0.3, -0.25) is 0 Å². The summed E-state index contributed by atoms with van der Waals surface area (Å²) in [6, 6.07) is 7.48. The lowest BCUT2D eigenvalue weighted by atomic mass is 9.47. The van der Waals surface area contributed by atoms with Gasteiger partial charge in [0, 0.05) is 6.42 Å². The van der Waals surface area contributed by atoms with Gasteiger partial charge < -0.3 is 9.47 Å². The molecular weight excluding hydrogens is 504 g/mol. The van der Waals surface area contributed by atoms with Crippen molar-refractivity contribution in [2.75, 3.05) is 6.61 Å². The molecule has 0 amide bonds. The minimum atomic E-state index is -0.194. The quantitative estimate of drug-likeness (QED) is 0.153. The molecule has 1 aromatic carbocycles. The molecule has 0 radical (unpaired) electrons. The lowest BCUT2D eigenvalue weighted by Gasteiger charge is -2.58. The number of hydrogen-bond donors (Lipinski definition) is 0. The van der Waals surface area contributed by atoms with Crippen molar-refractivity contribution in [1.82, 2.24) is 0 Å². The van der Waals surface area contributed by atoms with Gasteiger partial charge in [0.05, 0.1) is 12.2 Å². The summed E-state index contributed by atoms with van der Waals surface area (Å²) >= 11 is 0. The predicted octanol–water partition coefficient (Wildman–Crippen LogP) is 10.4. The summed E-state index contributed by atoms with van der Waals surface area (Å²) in [6.07, 6.45) is 18.9. The molecule has 3 nitrogen and oxygen atoms in total. The number of rotatable bonds is 11. The van der Waals surface area contributed by atoms with Gasteiger partial charge in [0.2, 0.25) is 0 Å². The summed E-state index contributed by atoms with van der Waals surface area (Å²) in [5, 5.41) is 0. The van der Waals surface area contributed by atoms with Crippen LogP contribution in [0.15, 0.2) is 35.9 Å². The number of hydrogen-bond acceptors (Lipinski definition) is 3. The van der Waals surface area contributed by atoms with Crippen LogP contribution in [-0.2, 0) is 4.74 Å². The van der Waals surface area contributed by atoms with Gasteiger partial charge in [-0.05, 0) is 122 Å². The monoisotopic (exact) mass is 562 g/mol. The molecule has 3 heteroatoms. The summed E-state index contributed by atoms with van der Waals surface area (Å²) in [6.45, 7) is 15.4. The average Bonchev–Trinajstić information content (AvgIpc) is 3.31. The molecule has 4 aliphatic carbocycles. The molecule has 228 valence electrons. The Bertz CT molecular complexity index is 1060. The Labute approximate surface area is 251 Å². The average molecular weight is 563 g/mol. The fraction of sp³-hybridized carbons (Fsp3) is 0.763. The van der Waals surface area contributed by atoms with Crippen LogP contribution in [0.25, 0.3) is 0 Å². The van der Waals surface area contributed by atoms with E-state index in [1.807, 2.05) is 24.3 Å². The van der Waals surface area contributed by atoms with Gasteiger partial charge >= 0.3 is 5.97 Å². The Balaban J connectivity index is 1.19. The first-order valence-corrected chi connectivity index (χ1v) is 17.3. The number of fused-ring (bicyclic) bond motifs is 5. The molecule has 0 unspecified atom stereocenters. The standard InChI is InChI=1S/C38H58O3/c1-7-8-24-40-30-15-12-28(13-16-30)36(39)41-31-20-22-37(5)29(25-31)14-17-32-34-19-18-33(27(4)11-9-10-26(2)3)38(34,6)23-21-35(32)37/h12-16,26-27,31-35H,7-11,17-25H2,1-6H3/t27-,31+,32+,33-,34+,35+,37+,38-/m1/s1. The zero-order valence-corrected chi connectivity index (χ0v) is 27.1. The molecule has 3 saturated carbocycles. The zero-order valence-electron chi connectivity index (χ0n) is 27.1. The van der Waals surface area contributed by atoms with E-state index in [1.54, 1.807) is 5.57 Å². The molecule has 0 aliphatic heterocycles. The fourth-order valence-electron chi connectivity index (χ4n) is 9.99. The molecule has 41 heavy (non-hydrogen) atoms. The van der Waals surface area contributed by atoms with E-state index in [0.717, 1.165) is 80.0 Å². The van der Waals surface area contributed by atoms with Crippen molar-refractivity contribution in [3.05, 3.63) is 41.5 Å². The molecule has 0 N–H and O–H groups in total. The van der Waals surface area contributed by atoms with E-state index in [-0.39, 0.29) is 17.5 Å². The van der Waals surface area contributed by atoms with Crippen molar-refractivity contribution in [2.45, 2.75) is 131 Å². The van der Waals surface area contributed by atoms with Crippen LogP contribution in [0, 0.1) is 46.3 Å². The van der Waals surface area contributed by atoms with Gasteiger partial charge in [0.1, 0.15) is 11.9 Å². The first kappa shape index (κ1) is 30.7. The molecule has 5 rings (SSSR count). The van der Waals surface area contributed by atoms with Crippen LogP contribution in [0.5, 0.6) is 5.75 Å². The van der Waals surface area contributed by atoms with E-state index in [2.05, 4.69) is 47.6 Å². The normalized spacial score (nSPS) is 35.2. The fourth-order valence-corrected chi connectivity index (χ4v) is 9.99. The smallest absolute Gasteiger partial charge is 0.338 e. The van der Waals surface area contributed by atoms with Crippen LogP contribution in [0.2, 0.25) is 0 Å². The third-order valence-corrected chi connectivity index (χ3v) is 12.4.